The van der Waals surface area contributed by atoms with Crippen LogP contribution in [0.1, 0.15) is 5.82 Å². The fourth-order valence-corrected chi connectivity index (χ4v) is 1.52. The SMILES string of the molecule is COc1cccc(Cl)c1-c1nnc(C)nn1. The molecular formula is C10H9ClN4O. The number of hydrogen-bond donors (Lipinski definition) is 0. The molecule has 2 aromatic rings. The van der Waals surface area contributed by atoms with E-state index in [1.165, 1.54) is 0 Å². The molecule has 0 aliphatic carbocycles. The molecule has 0 atom stereocenters. The number of aryl methyl sites for hydroxylation is 1. The van der Waals surface area contributed by atoms with Crippen LogP contribution in [0.5, 0.6) is 5.75 Å². The van der Waals surface area contributed by atoms with E-state index in [1.807, 2.05) is 0 Å². The van der Waals surface area contributed by atoms with Gasteiger partial charge in [-0.05, 0) is 19.1 Å². The lowest BCUT2D eigenvalue weighted by Crippen LogP contribution is -2.00. The van der Waals surface area contributed by atoms with Crippen molar-refractivity contribution >= 4 is 11.6 Å². The van der Waals surface area contributed by atoms with Crippen LogP contribution in [0, 0.1) is 6.92 Å². The molecule has 0 amide bonds. The lowest BCUT2D eigenvalue weighted by molar-refractivity contribution is 0.416. The number of ether oxygens (including phenoxy) is 1. The third kappa shape index (κ3) is 1.94. The molecule has 6 heteroatoms. The molecular weight excluding hydrogens is 228 g/mol. The molecule has 2 rings (SSSR count). The van der Waals surface area contributed by atoms with Gasteiger partial charge in [0, 0.05) is 0 Å². The smallest absolute Gasteiger partial charge is 0.208 e. The molecule has 0 aliphatic heterocycles. The topological polar surface area (TPSA) is 60.8 Å². The summed E-state index contributed by atoms with van der Waals surface area (Å²) in [5, 5.41) is 16.0. The van der Waals surface area contributed by atoms with Gasteiger partial charge in [0.25, 0.3) is 0 Å². The Labute approximate surface area is 97.5 Å². The number of methoxy groups -OCH3 is 1. The Hall–Kier alpha value is -1.75. The van der Waals surface area contributed by atoms with Gasteiger partial charge in [-0.25, -0.2) is 0 Å². The Morgan fingerprint density at radius 2 is 1.81 bits per heavy atom. The molecule has 0 N–H and O–H groups in total. The maximum absolute atomic E-state index is 6.07. The monoisotopic (exact) mass is 236 g/mol. The van der Waals surface area contributed by atoms with Gasteiger partial charge in [0.15, 0.2) is 5.82 Å². The van der Waals surface area contributed by atoms with Gasteiger partial charge < -0.3 is 4.74 Å². The van der Waals surface area contributed by atoms with Crippen LogP contribution in [-0.4, -0.2) is 27.5 Å². The maximum atomic E-state index is 6.07. The van der Waals surface area contributed by atoms with Crippen molar-refractivity contribution in [3.05, 3.63) is 29.0 Å². The van der Waals surface area contributed by atoms with Crippen LogP contribution in [-0.2, 0) is 0 Å². The molecule has 0 fully saturated rings. The minimum absolute atomic E-state index is 0.355. The van der Waals surface area contributed by atoms with Crippen molar-refractivity contribution in [2.75, 3.05) is 7.11 Å². The van der Waals surface area contributed by atoms with Crippen LogP contribution >= 0.6 is 11.6 Å². The molecule has 16 heavy (non-hydrogen) atoms. The largest absolute Gasteiger partial charge is 0.496 e. The van der Waals surface area contributed by atoms with Crippen molar-refractivity contribution < 1.29 is 4.74 Å². The Balaban J connectivity index is 2.58. The van der Waals surface area contributed by atoms with Gasteiger partial charge in [0.05, 0.1) is 17.7 Å². The van der Waals surface area contributed by atoms with E-state index in [2.05, 4.69) is 20.4 Å². The molecule has 0 saturated heterocycles. The normalized spacial score (nSPS) is 10.2. The second-order valence-corrected chi connectivity index (χ2v) is 3.50. The summed E-state index contributed by atoms with van der Waals surface area (Å²) >= 11 is 6.07. The standard InChI is InChI=1S/C10H9ClN4O/c1-6-12-14-10(15-13-6)9-7(11)4-3-5-8(9)16-2/h3-5H,1-2H3. The summed E-state index contributed by atoms with van der Waals surface area (Å²) in [7, 11) is 1.56. The highest BCUT2D eigenvalue weighted by Gasteiger charge is 2.13. The van der Waals surface area contributed by atoms with Crippen LogP contribution in [0.4, 0.5) is 0 Å². The highest BCUT2D eigenvalue weighted by molar-refractivity contribution is 6.33. The third-order valence-electron chi connectivity index (χ3n) is 2.00. The second-order valence-electron chi connectivity index (χ2n) is 3.09. The Kier molecular flexibility index (Phi) is 2.96. The molecule has 1 heterocycles. The summed E-state index contributed by atoms with van der Waals surface area (Å²) < 4.78 is 5.19. The van der Waals surface area contributed by atoms with E-state index in [4.69, 9.17) is 16.3 Å². The number of benzene rings is 1. The Bertz CT molecular complexity index is 501. The summed E-state index contributed by atoms with van der Waals surface area (Å²) in [6.07, 6.45) is 0. The first-order valence-electron chi connectivity index (χ1n) is 4.59. The first-order valence-corrected chi connectivity index (χ1v) is 4.97. The lowest BCUT2D eigenvalue weighted by atomic mass is 10.2. The number of hydrogen-bond acceptors (Lipinski definition) is 5. The molecule has 0 radical (unpaired) electrons. The first kappa shape index (κ1) is 10.8. The molecule has 0 unspecified atom stereocenters. The molecule has 5 nitrogen and oxygen atoms in total. The average Bonchev–Trinajstić information content (AvgIpc) is 2.30. The third-order valence-corrected chi connectivity index (χ3v) is 2.31. The average molecular weight is 237 g/mol. The Morgan fingerprint density at radius 3 is 2.44 bits per heavy atom. The van der Waals surface area contributed by atoms with Gasteiger partial charge in [-0.2, -0.15) is 0 Å². The molecule has 82 valence electrons. The van der Waals surface area contributed by atoms with Gasteiger partial charge in [-0.15, -0.1) is 20.4 Å². The zero-order valence-electron chi connectivity index (χ0n) is 8.81. The highest BCUT2D eigenvalue weighted by Crippen LogP contribution is 2.33. The summed E-state index contributed by atoms with van der Waals surface area (Å²) in [6.45, 7) is 1.72. The zero-order chi connectivity index (χ0) is 11.5. The minimum Gasteiger partial charge on any atom is -0.496 e. The summed E-state index contributed by atoms with van der Waals surface area (Å²) in [5.74, 6) is 1.46. The summed E-state index contributed by atoms with van der Waals surface area (Å²) in [6, 6.07) is 5.31. The number of rotatable bonds is 2. The number of aromatic nitrogens is 4. The van der Waals surface area contributed by atoms with Gasteiger partial charge in [0.2, 0.25) is 5.82 Å². The summed E-state index contributed by atoms with van der Waals surface area (Å²) in [4.78, 5) is 0. The highest BCUT2D eigenvalue weighted by atomic mass is 35.5. The quantitative estimate of drug-likeness (QED) is 0.797. The van der Waals surface area contributed by atoms with Crippen LogP contribution in [0.2, 0.25) is 5.02 Å². The van der Waals surface area contributed by atoms with Crippen molar-refractivity contribution in [3.63, 3.8) is 0 Å². The van der Waals surface area contributed by atoms with Crippen molar-refractivity contribution in [1.29, 1.82) is 0 Å². The van der Waals surface area contributed by atoms with Crippen molar-refractivity contribution in [3.8, 4) is 17.1 Å². The Morgan fingerprint density at radius 1 is 1.12 bits per heavy atom. The van der Waals surface area contributed by atoms with E-state index in [9.17, 15) is 0 Å². The first-order chi connectivity index (χ1) is 7.72. The van der Waals surface area contributed by atoms with Crippen molar-refractivity contribution in [2.24, 2.45) is 0 Å². The van der Waals surface area contributed by atoms with Crippen molar-refractivity contribution in [1.82, 2.24) is 20.4 Å². The fourth-order valence-electron chi connectivity index (χ4n) is 1.27. The van der Waals surface area contributed by atoms with Gasteiger partial charge in [-0.3, -0.25) is 0 Å². The molecule has 0 saturated carbocycles. The van der Waals surface area contributed by atoms with Gasteiger partial charge >= 0.3 is 0 Å². The van der Waals surface area contributed by atoms with Crippen molar-refractivity contribution in [2.45, 2.75) is 6.92 Å². The summed E-state index contributed by atoms with van der Waals surface area (Å²) in [5.41, 5.74) is 0.603. The van der Waals surface area contributed by atoms with Crippen LogP contribution in [0.25, 0.3) is 11.4 Å². The molecule has 0 bridgehead atoms. The second kappa shape index (κ2) is 4.40. The van der Waals surface area contributed by atoms with E-state index in [0.717, 1.165) is 0 Å². The number of nitrogens with zero attached hydrogens (tertiary/aromatic N) is 4. The van der Waals surface area contributed by atoms with Crippen LogP contribution in [0.3, 0.4) is 0 Å². The van der Waals surface area contributed by atoms with E-state index >= 15 is 0 Å². The number of halogens is 1. The van der Waals surface area contributed by atoms with E-state index in [-0.39, 0.29) is 0 Å². The van der Waals surface area contributed by atoms with Gasteiger partial charge in [0.1, 0.15) is 5.75 Å². The predicted octanol–water partition coefficient (Wildman–Crippen LogP) is 1.90. The molecule has 1 aromatic carbocycles. The maximum Gasteiger partial charge on any atom is 0.208 e. The van der Waals surface area contributed by atoms with Crippen LogP contribution < -0.4 is 4.74 Å². The van der Waals surface area contributed by atoms with Crippen LogP contribution in [0.15, 0.2) is 18.2 Å². The molecule has 0 aliphatic rings. The lowest BCUT2D eigenvalue weighted by Gasteiger charge is -2.07. The van der Waals surface area contributed by atoms with E-state index in [1.54, 1.807) is 32.2 Å². The van der Waals surface area contributed by atoms with E-state index < -0.39 is 0 Å². The van der Waals surface area contributed by atoms with Gasteiger partial charge in [-0.1, -0.05) is 17.7 Å². The molecule has 1 aromatic heterocycles. The minimum atomic E-state index is 0.355. The zero-order valence-corrected chi connectivity index (χ0v) is 9.56. The van der Waals surface area contributed by atoms with E-state index in [0.29, 0.717) is 28.0 Å². The predicted molar refractivity (Wildman–Crippen MR) is 59.4 cm³/mol. The fraction of sp³-hybridized carbons (Fsp3) is 0.200. The molecule has 0 spiro atoms.